The predicted molar refractivity (Wildman–Crippen MR) is 114 cm³/mol. The van der Waals surface area contributed by atoms with Crippen molar-refractivity contribution in [2.24, 2.45) is 16.5 Å². The van der Waals surface area contributed by atoms with Crippen molar-refractivity contribution in [1.29, 1.82) is 5.41 Å². The van der Waals surface area contributed by atoms with Crippen molar-refractivity contribution in [2.75, 3.05) is 6.54 Å². The summed E-state index contributed by atoms with van der Waals surface area (Å²) >= 11 is 0. The summed E-state index contributed by atoms with van der Waals surface area (Å²) in [6, 6.07) is 4.07. The molecule has 0 aliphatic heterocycles. The highest BCUT2D eigenvalue weighted by Gasteiger charge is 2.21. The molecule has 0 saturated heterocycles. The van der Waals surface area contributed by atoms with Crippen molar-refractivity contribution in [1.82, 2.24) is 4.98 Å². The van der Waals surface area contributed by atoms with E-state index in [9.17, 15) is 0 Å². The molecule has 140 valence electrons. The molecule has 2 aromatic rings. The maximum atomic E-state index is 7.88. The van der Waals surface area contributed by atoms with E-state index >= 15 is 0 Å². The van der Waals surface area contributed by atoms with Gasteiger partial charge < -0.3 is 16.9 Å². The van der Waals surface area contributed by atoms with Crippen LogP contribution in [-0.2, 0) is 12.8 Å². The summed E-state index contributed by atoms with van der Waals surface area (Å²) in [5.74, 6) is 0. The number of aryl methyl sites for hydroxylation is 2. The normalized spacial score (nSPS) is 14.5. The first-order valence-corrected chi connectivity index (χ1v) is 9.37. The van der Waals surface area contributed by atoms with Gasteiger partial charge in [-0.05, 0) is 55.4 Å². The fourth-order valence-corrected chi connectivity index (χ4v) is 3.73. The summed E-state index contributed by atoms with van der Waals surface area (Å²) in [6.45, 7) is 6.33. The third kappa shape index (κ3) is 3.77. The molecular formula is C22H27N5. The Bertz CT molecular complexity index is 953. The number of nitrogens with one attached hydrogen (secondary N) is 1. The second-order valence-corrected chi connectivity index (χ2v) is 7.02. The second kappa shape index (κ2) is 8.16. The minimum Gasteiger partial charge on any atom is -0.404 e. The molecule has 0 radical (unpaired) electrons. The first kappa shape index (κ1) is 18.8. The van der Waals surface area contributed by atoms with E-state index in [1.807, 2.05) is 19.1 Å². The Hall–Kier alpha value is -2.95. The molecule has 1 aliphatic carbocycles. The lowest BCUT2D eigenvalue weighted by Gasteiger charge is -2.23. The van der Waals surface area contributed by atoms with Gasteiger partial charge in [-0.3, -0.25) is 4.99 Å². The van der Waals surface area contributed by atoms with Crippen LogP contribution < -0.4 is 11.5 Å². The quantitative estimate of drug-likeness (QED) is 0.684. The lowest BCUT2D eigenvalue weighted by atomic mass is 9.84. The highest BCUT2D eigenvalue weighted by atomic mass is 14.8. The zero-order chi connectivity index (χ0) is 19.4. The Morgan fingerprint density at radius 3 is 2.70 bits per heavy atom. The van der Waals surface area contributed by atoms with E-state index < -0.39 is 0 Å². The Labute approximate surface area is 160 Å². The third-order valence-corrected chi connectivity index (χ3v) is 5.12. The lowest BCUT2D eigenvalue weighted by Crippen LogP contribution is -2.12. The molecular weight excluding hydrogens is 334 g/mol. The Balaban J connectivity index is 2.15. The molecule has 5 nitrogen and oxygen atoms in total. The van der Waals surface area contributed by atoms with Gasteiger partial charge in [0, 0.05) is 53.8 Å². The molecule has 0 amide bonds. The molecule has 1 aromatic carbocycles. The summed E-state index contributed by atoms with van der Waals surface area (Å²) in [6.07, 6.45) is 9.76. The number of aliphatic imine (C=N–C) groups is 1. The number of pyridine rings is 1. The number of allylic oxidation sites excluding steroid dienone is 1. The average molecular weight is 361 g/mol. The summed E-state index contributed by atoms with van der Waals surface area (Å²) in [5.41, 5.74) is 19.5. The molecule has 5 heteroatoms. The van der Waals surface area contributed by atoms with Crippen LogP contribution in [0.4, 0.5) is 0 Å². The van der Waals surface area contributed by atoms with Crippen LogP contribution in [0.3, 0.4) is 0 Å². The van der Waals surface area contributed by atoms with E-state index in [1.165, 1.54) is 17.3 Å². The number of rotatable bonds is 6. The monoisotopic (exact) mass is 361 g/mol. The fourth-order valence-electron chi connectivity index (χ4n) is 3.73. The van der Waals surface area contributed by atoms with Gasteiger partial charge in [0.2, 0.25) is 0 Å². The van der Waals surface area contributed by atoms with Crippen molar-refractivity contribution >= 4 is 28.9 Å². The van der Waals surface area contributed by atoms with E-state index in [-0.39, 0.29) is 0 Å². The maximum absolute atomic E-state index is 7.88. The number of benzene rings is 1. The predicted octanol–water partition coefficient (Wildman–Crippen LogP) is 3.65. The van der Waals surface area contributed by atoms with Gasteiger partial charge in [0.05, 0.1) is 11.2 Å². The van der Waals surface area contributed by atoms with Crippen LogP contribution in [0.15, 0.2) is 35.6 Å². The van der Waals surface area contributed by atoms with Crippen molar-refractivity contribution in [3.8, 4) is 0 Å². The van der Waals surface area contributed by atoms with Crippen molar-refractivity contribution in [3.05, 3.63) is 58.6 Å². The molecule has 5 N–H and O–H groups in total. The van der Waals surface area contributed by atoms with Gasteiger partial charge in [-0.1, -0.05) is 12.6 Å². The Kier molecular flexibility index (Phi) is 5.69. The molecule has 0 bridgehead atoms. The van der Waals surface area contributed by atoms with Crippen LogP contribution in [-0.4, -0.2) is 24.0 Å². The van der Waals surface area contributed by atoms with E-state index in [1.54, 1.807) is 12.4 Å². The molecule has 1 heterocycles. The summed E-state index contributed by atoms with van der Waals surface area (Å²) in [4.78, 5) is 9.38. The third-order valence-electron chi connectivity index (χ3n) is 5.12. The standard InChI is InChI=1S/C22H27N5/c1-14-7-8-20-21(19(14)12-24)17-5-3-4-6-18(17)22(27-20)16(11-23)13-26-10-9-15(2)25/h7-8,11-13,24H,2-6,9-10,23,25H2,1H3/b16-11+,24-12?,26-13?. The largest absolute Gasteiger partial charge is 0.404 e. The molecule has 27 heavy (non-hydrogen) atoms. The van der Waals surface area contributed by atoms with Crippen molar-refractivity contribution in [3.63, 3.8) is 0 Å². The number of nitrogens with zero attached hydrogens (tertiary/aromatic N) is 2. The highest BCUT2D eigenvalue weighted by molar-refractivity contribution is 6.11. The molecule has 0 spiro atoms. The number of hydrogen-bond acceptors (Lipinski definition) is 5. The maximum Gasteiger partial charge on any atom is 0.0774 e. The van der Waals surface area contributed by atoms with Gasteiger partial charge in [-0.2, -0.15) is 0 Å². The molecule has 0 atom stereocenters. The second-order valence-electron chi connectivity index (χ2n) is 7.02. The number of aromatic nitrogens is 1. The SMILES string of the molecule is C=C(N)CCN=C/C(=C\N)c1nc2ccc(C)c(C=N)c2c2c1CCCC2. The minimum absolute atomic E-state index is 0.583. The van der Waals surface area contributed by atoms with Gasteiger partial charge in [0.15, 0.2) is 0 Å². The zero-order valence-corrected chi connectivity index (χ0v) is 15.9. The van der Waals surface area contributed by atoms with Crippen LogP contribution in [0, 0.1) is 12.3 Å². The van der Waals surface area contributed by atoms with Gasteiger partial charge >= 0.3 is 0 Å². The van der Waals surface area contributed by atoms with E-state index in [0.29, 0.717) is 18.7 Å². The highest BCUT2D eigenvalue weighted by Crippen LogP contribution is 2.34. The van der Waals surface area contributed by atoms with E-state index in [4.69, 9.17) is 21.9 Å². The first-order chi connectivity index (χ1) is 13.1. The Morgan fingerprint density at radius 1 is 1.30 bits per heavy atom. The molecule has 0 unspecified atom stereocenters. The van der Waals surface area contributed by atoms with Gasteiger partial charge in [0.25, 0.3) is 0 Å². The lowest BCUT2D eigenvalue weighted by molar-refractivity contribution is 0.686. The topological polar surface area (TPSA) is 101 Å². The average Bonchev–Trinajstić information content (AvgIpc) is 2.67. The van der Waals surface area contributed by atoms with Gasteiger partial charge in [-0.15, -0.1) is 0 Å². The van der Waals surface area contributed by atoms with Crippen LogP contribution in [0.2, 0.25) is 0 Å². The molecule has 1 aliphatic rings. The zero-order valence-electron chi connectivity index (χ0n) is 15.9. The number of fused-ring (bicyclic) bond motifs is 3. The van der Waals surface area contributed by atoms with Crippen molar-refractivity contribution < 1.29 is 0 Å². The van der Waals surface area contributed by atoms with Crippen LogP contribution in [0.5, 0.6) is 0 Å². The van der Waals surface area contributed by atoms with Crippen LogP contribution in [0.1, 0.15) is 47.2 Å². The van der Waals surface area contributed by atoms with Crippen LogP contribution in [0.25, 0.3) is 16.5 Å². The van der Waals surface area contributed by atoms with E-state index in [0.717, 1.165) is 59.0 Å². The first-order valence-electron chi connectivity index (χ1n) is 9.37. The van der Waals surface area contributed by atoms with Crippen molar-refractivity contribution in [2.45, 2.75) is 39.0 Å². The summed E-state index contributed by atoms with van der Waals surface area (Å²) < 4.78 is 0. The van der Waals surface area contributed by atoms with E-state index in [2.05, 4.69) is 11.6 Å². The molecule has 1 aromatic heterocycles. The molecule has 0 saturated carbocycles. The molecule has 0 fully saturated rings. The summed E-state index contributed by atoms with van der Waals surface area (Å²) in [5, 5.41) is 9.00. The number of hydrogen-bond donors (Lipinski definition) is 3. The van der Waals surface area contributed by atoms with Crippen LogP contribution >= 0.6 is 0 Å². The van der Waals surface area contributed by atoms with Gasteiger partial charge in [0.1, 0.15) is 0 Å². The summed E-state index contributed by atoms with van der Waals surface area (Å²) in [7, 11) is 0. The smallest absolute Gasteiger partial charge is 0.0774 e. The Morgan fingerprint density at radius 2 is 2.04 bits per heavy atom. The molecule has 3 rings (SSSR count). The number of nitrogens with two attached hydrogens (primary N) is 2. The fraction of sp³-hybridized carbons (Fsp3) is 0.318. The minimum atomic E-state index is 0.583. The van der Waals surface area contributed by atoms with Gasteiger partial charge in [-0.25, -0.2) is 4.98 Å².